The standard InChI is InChI=1S/C12H15N3/c1-8-4-5-10-11(7-8)15-6-2-3-9(13)12(15)14-10/h4-5,7,9H,2-3,6,13H2,1H3. The van der Waals surface area contributed by atoms with E-state index in [9.17, 15) is 0 Å². The molecule has 0 bridgehead atoms. The molecule has 1 aliphatic rings. The van der Waals surface area contributed by atoms with Crippen LogP contribution in [0.15, 0.2) is 18.2 Å². The molecule has 1 atom stereocenters. The lowest BCUT2D eigenvalue weighted by Crippen LogP contribution is -2.21. The molecule has 2 aromatic rings. The van der Waals surface area contributed by atoms with Gasteiger partial charge in [0.15, 0.2) is 0 Å². The highest BCUT2D eigenvalue weighted by Crippen LogP contribution is 2.27. The highest BCUT2D eigenvalue weighted by Gasteiger charge is 2.20. The van der Waals surface area contributed by atoms with Crippen LogP contribution in [0.1, 0.15) is 30.3 Å². The van der Waals surface area contributed by atoms with E-state index in [2.05, 4.69) is 34.7 Å². The first kappa shape index (κ1) is 8.92. The Bertz CT molecular complexity index is 513. The predicted molar refractivity (Wildman–Crippen MR) is 60.6 cm³/mol. The van der Waals surface area contributed by atoms with Crippen LogP contribution in [0.2, 0.25) is 0 Å². The van der Waals surface area contributed by atoms with E-state index >= 15 is 0 Å². The lowest BCUT2D eigenvalue weighted by Gasteiger charge is -2.20. The van der Waals surface area contributed by atoms with Crippen molar-refractivity contribution < 1.29 is 0 Å². The van der Waals surface area contributed by atoms with Gasteiger partial charge in [-0.05, 0) is 37.5 Å². The van der Waals surface area contributed by atoms with Gasteiger partial charge < -0.3 is 10.3 Å². The maximum Gasteiger partial charge on any atom is 0.126 e. The van der Waals surface area contributed by atoms with E-state index in [0.29, 0.717) is 0 Å². The van der Waals surface area contributed by atoms with Crippen LogP contribution < -0.4 is 5.73 Å². The lowest BCUT2D eigenvalue weighted by molar-refractivity contribution is 0.459. The molecular weight excluding hydrogens is 186 g/mol. The number of hydrogen-bond acceptors (Lipinski definition) is 2. The summed E-state index contributed by atoms with van der Waals surface area (Å²) in [7, 11) is 0. The first-order valence-electron chi connectivity index (χ1n) is 5.48. The van der Waals surface area contributed by atoms with Crippen LogP contribution in [0.4, 0.5) is 0 Å². The number of benzene rings is 1. The number of nitrogens with two attached hydrogens (primary N) is 1. The molecule has 0 radical (unpaired) electrons. The van der Waals surface area contributed by atoms with Crippen LogP contribution in [0.3, 0.4) is 0 Å². The smallest absolute Gasteiger partial charge is 0.126 e. The average molecular weight is 201 g/mol. The Kier molecular flexibility index (Phi) is 1.83. The summed E-state index contributed by atoms with van der Waals surface area (Å²) >= 11 is 0. The Balaban J connectivity index is 2.31. The summed E-state index contributed by atoms with van der Waals surface area (Å²) in [5.74, 6) is 1.06. The number of fused-ring (bicyclic) bond motifs is 3. The van der Waals surface area contributed by atoms with E-state index < -0.39 is 0 Å². The van der Waals surface area contributed by atoms with Gasteiger partial charge in [0.25, 0.3) is 0 Å². The molecule has 0 spiro atoms. The van der Waals surface area contributed by atoms with E-state index in [1.165, 1.54) is 11.1 Å². The largest absolute Gasteiger partial charge is 0.327 e. The summed E-state index contributed by atoms with van der Waals surface area (Å²) in [6, 6.07) is 6.51. The van der Waals surface area contributed by atoms with E-state index in [-0.39, 0.29) is 6.04 Å². The Hall–Kier alpha value is -1.35. The van der Waals surface area contributed by atoms with Crippen LogP contribution in [0.5, 0.6) is 0 Å². The number of aryl methyl sites for hydroxylation is 2. The van der Waals surface area contributed by atoms with Crippen molar-refractivity contribution >= 4 is 11.0 Å². The minimum atomic E-state index is 0.117. The molecule has 0 amide bonds. The van der Waals surface area contributed by atoms with Gasteiger partial charge in [0, 0.05) is 6.54 Å². The van der Waals surface area contributed by atoms with Crippen LogP contribution in [0, 0.1) is 6.92 Å². The molecule has 1 aliphatic heterocycles. The normalized spacial score (nSPS) is 20.5. The van der Waals surface area contributed by atoms with E-state index in [1.807, 2.05) is 0 Å². The number of imidazole rings is 1. The van der Waals surface area contributed by atoms with Gasteiger partial charge in [-0.25, -0.2) is 4.98 Å². The van der Waals surface area contributed by atoms with E-state index in [1.54, 1.807) is 0 Å². The molecule has 0 fully saturated rings. The quantitative estimate of drug-likeness (QED) is 0.709. The molecule has 3 rings (SSSR count). The monoisotopic (exact) mass is 201 g/mol. The zero-order chi connectivity index (χ0) is 10.4. The van der Waals surface area contributed by atoms with Crippen molar-refractivity contribution in [3.63, 3.8) is 0 Å². The summed E-state index contributed by atoms with van der Waals surface area (Å²) in [4.78, 5) is 4.61. The van der Waals surface area contributed by atoms with Gasteiger partial charge in [-0.2, -0.15) is 0 Å². The van der Waals surface area contributed by atoms with Crippen molar-refractivity contribution in [2.75, 3.05) is 0 Å². The maximum absolute atomic E-state index is 6.06. The molecule has 15 heavy (non-hydrogen) atoms. The molecule has 2 N–H and O–H groups in total. The summed E-state index contributed by atoms with van der Waals surface area (Å²) in [5, 5.41) is 0. The third-order valence-corrected chi connectivity index (χ3v) is 3.16. The van der Waals surface area contributed by atoms with Crippen LogP contribution >= 0.6 is 0 Å². The van der Waals surface area contributed by atoms with Gasteiger partial charge in [-0.15, -0.1) is 0 Å². The molecule has 1 unspecified atom stereocenters. The Labute approximate surface area is 88.9 Å². The Morgan fingerprint density at radius 2 is 2.33 bits per heavy atom. The zero-order valence-electron chi connectivity index (χ0n) is 8.90. The van der Waals surface area contributed by atoms with Crippen molar-refractivity contribution in [1.29, 1.82) is 0 Å². The number of hydrogen-bond donors (Lipinski definition) is 1. The Morgan fingerprint density at radius 1 is 1.47 bits per heavy atom. The van der Waals surface area contributed by atoms with Crippen molar-refractivity contribution in [1.82, 2.24) is 9.55 Å². The molecule has 1 aromatic heterocycles. The molecule has 78 valence electrons. The molecule has 2 heterocycles. The van der Waals surface area contributed by atoms with Crippen LogP contribution in [-0.4, -0.2) is 9.55 Å². The van der Waals surface area contributed by atoms with Crippen molar-refractivity contribution in [3.05, 3.63) is 29.6 Å². The van der Waals surface area contributed by atoms with Crippen molar-refractivity contribution in [2.45, 2.75) is 32.4 Å². The maximum atomic E-state index is 6.06. The van der Waals surface area contributed by atoms with Gasteiger partial charge in [-0.1, -0.05) is 6.07 Å². The minimum absolute atomic E-state index is 0.117. The SMILES string of the molecule is Cc1ccc2nc3n(c2c1)CCCC3N. The van der Waals surface area contributed by atoms with Gasteiger partial charge in [0.1, 0.15) is 5.82 Å². The van der Waals surface area contributed by atoms with Crippen molar-refractivity contribution in [2.24, 2.45) is 5.73 Å². The molecular formula is C12H15N3. The second-order valence-electron chi connectivity index (χ2n) is 4.36. The van der Waals surface area contributed by atoms with Gasteiger partial charge in [0.2, 0.25) is 0 Å². The highest BCUT2D eigenvalue weighted by atomic mass is 15.1. The first-order chi connectivity index (χ1) is 7.25. The van der Waals surface area contributed by atoms with Gasteiger partial charge >= 0.3 is 0 Å². The molecule has 0 aliphatic carbocycles. The highest BCUT2D eigenvalue weighted by molar-refractivity contribution is 5.77. The van der Waals surface area contributed by atoms with Crippen LogP contribution in [-0.2, 0) is 6.54 Å². The minimum Gasteiger partial charge on any atom is -0.327 e. The van der Waals surface area contributed by atoms with Crippen molar-refractivity contribution in [3.8, 4) is 0 Å². The topological polar surface area (TPSA) is 43.8 Å². The third kappa shape index (κ3) is 1.27. The van der Waals surface area contributed by atoms with Gasteiger partial charge in [-0.3, -0.25) is 0 Å². The molecule has 3 nitrogen and oxygen atoms in total. The third-order valence-electron chi connectivity index (χ3n) is 3.16. The Morgan fingerprint density at radius 3 is 3.20 bits per heavy atom. The van der Waals surface area contributed by atoms with Gasteiger partial charge in [0.05, 0.1) is 17.1 Å². The fourth-order valence-corrected chi connectivity index (χ4v) is 2.37. The number of nitrogens with zero attached hydrogens (tertiary/aromatic N) is 2. The molecule has 1 aromatic carbocycles. The predicted octanol–water partition coefficient (Wildman–Crippen LogP) is 2.14. The second kappa shape index (κ2) is 3.07. The van der Waals surface area contributed by atoms with Crippen LogP contribution in [0.25, 0.3) is 11.0 Å². The lowest BCUT2D eigenvalue weighted by atomic mass is 10.1. The molecule has 3 heteroatoms. The molecule has 0 saturated heterocycles. The summed E-state index contributed by atoms with van der Waals surface area (Å²) in [6.45, 7) is 3.17. The molecule has 0 saturated carbocycles. The van der Waals surface area contributed by atoms with E-state index in [0.717, 1.165) is 30.7 Å². The fraction of sp³-hybridized carbons (Fsp3) is 0.417. The number of rotatable bonds is 0. The summed E-state index contributed by atoms with van der Waals surface area (Å²) in [6.07, 6.45) is 2.22. The first-order valence-corrected chi connectivity index (χ1v) is 5.48. The number of aromatic nitrogens is 2. The second-order valence-corrected chi connectivity index (χ2v) is 4.36. The fourth-order valence-electron chi connectivity index (χ4n) is 2.37. The zero-order valence-corrected chi connectivity index (χ0v) is 8.90. The average Bonchev–Trinajstić information content (AvgIpc) is 2.58. The summed E-state index contributed by atoms with van der Waals surface area (Å²) in [5.41, 5.74) is 9.66. The van der Waals surface area contributed by atoms with E-state index in [4.69, 9.17) is 5.73 Å². The summed E-state index contributed by atoms with van der Waals surface area (Å²) < 4.78 is 2.27.